The highest BCUT2D eigenvalue weighted by molar-refractivity contribution is 5.86. The second kappa shape index (κ2) is 6.99. The predicted molar refractivity (Wildman–Crippen MR) is 97.2 cm³/mol. The van der Waals surface area contributed by atoms with Crippen molar-refractivity contribution in [2.24, 2.45) is 0 Å². The molecule has 2 aliphatic rings. The largest absolute Gasteiger partial charge is 0.491 e. The molecule has 136 valence electrons. The molecule has 0 fully saturated rings. The topological polar surface area (TPSA) is 80.2 Å². The highest BCUT2D eigenvalue weighted by Crippen LogP contribution is 2.29. The molecule has 0 saturated carbocycles. The van der Waals surface area contributed by atoms with Gasteiger partial charge in [0.1, 0.15) is 5.75 Å². The van der Waals surface area contributed by atoms with Gasteiger partial charge in [-0.25, -0.2) is 9.97 Å². The number of hydrogen-bond acceptors (Lipinski definition) is 6. The zero-order chi connectivity index (χ0) is 18.1. The molecule has 0 unspecified atom stereocenters. The fourth-order valence-electron chi connectivity index (χ4n) is 3.60. The number of fused-ring (bicyclic) bond motifs is 2. The summed E-state index contributed by atoms with van der Waals surface area (Å²) >= 11 is 0. The number of aromatic nitrogens is 3. The van der Waals surface area contributed by atoms with Gasteiger partial charge in [-0.1, -0.05) is 0 Å². The second-order valence-electron chi connectivity index (χ2n) is 6.87. The summed E-state index contributed by atoms with van der Waals surface area (Å²) in [4.78, 5) is 27.0. The van der Waals surface area contributed by atoms with Gasteiger partial charge in [0.15, 0.2) is 0 Å². The van der Waals surface area contributed by atoms with Gasteiger partial charge in [-0.15, -0.1) is 0 Å². The Hall–Kier alpha value is -2.54. The molecule has 2 aliphatic heterocycles. The number of hydrogen-bond donors (Lipinski definition) is 1. The van der Waals surface area contributed by atoms with Crippen LogP contribution in [0.5, 0.6) is 5.75 Å². The minimum Gasteiger partial charge on any atom is -0.491 e. The quantitative estimate of drug-likeness (QED) is 0.908. The van der Waals surface area contributed by atoms with Gasteiger partial charge < -0.3 is 4.74 Å². The fourth-order valence-corrected chi connectivity index (χ4v) is 3.60. The molecule has 0 radical (unpaired) electrons. The Morgan fingerprint density at radius 3 is 2.88 bits per heavy atom. The van der Waals surface area contributed by atoms with E-state index in [1.165, 1.54) is 12.5 Å². The Morgan fingerprint density at radius 1 is 1.19 bits per heavy atom. The molecule has 1 atom stereocenters. The van der Waals surface area contributed by atoms with Crippen molar-refractivity contribution in [3.8, 4) is 5.75 Å². The Labute approximate surface area is 152 Å². The molecule has 7 nitrogen and oxygen atoms in total. The standard InChI is InChI=1S/C19H23N5O2/c1-12(15-9-18-17(20-11-15)5-8-26-18)24-6-3-14-10-21-19(22-13(2)25)23-16(14)4-7-24/h9-12H,3-8H2,1-2H3,(H,21,22,23,25)/t12-/m1/s1. The van der Waals surface area contributed by atoms with Crippen LogP contribution in [0.25, 0.3) is 0 Å². The van der Waals surface area contributed by atoms with Crippen LogP contribution in [0.3, 0.4) is 0 Å². The van der Waals surface area contributed by atoms with E-state index in [9.17, 15) is 4.79 Å². The molecule has 0 spiro atoms. The van der Waals surface area contributed by atoms with Crippen molar-refractivity contribution < 1.29 is 9.53 Å². The van der Waals surface area contributed by atoms with Crippen LogP contribution in [-0.2, 0) is 24.1 Å². The van der Waals surface area contributed by atoms with Crippen LogP contribution in [-0.4, -0.2) is 45.5 Å². The van der Waals surface area contributed by atoms with Crippen LogP contribution in [0.15, 0.2) is 18.5 Å². The molecular weight excluding hydrogens is 330 g/mol. The van der Waals surface area contributed by atoms with Crippen LogP contribution in [0.1, 0.15) is 42.4 Å². The lowest BCUT2D eigenvalue weighted by molar-refractivity contribution is -0.114. The Bertz CT molecular complexity index is 839. The average Bonchev–Trinajstić information content (AvgIpc) is 2.99. The first kappa shape index (κ1) is 16.9. The van der Waals surface area contributed by atoms with Gasteiger partial charge in [0.2, 0.25) is 11.9 Å². The number of pyridine rings is 1. The molecule has 0 bridgehead atoms. The fraction of sp³-hybridized carbons (Fsp3) is 0.474. The molecule has 7 heteroatoms. The normalized spacial score (nSPS) is 17.6. The van der Waals surface area contributed by atoms with Crippen LogP contribution in [0.4, 0.5) is 5.95 Å². The van der Waals surface area contributed by atoms with Crippen molar-refractivity contribution >= 4 is 11.9 Å². The van der Waals surface area contributed by atoms with Gasteiger partial charge in [0, 0.05) is 51.3 Å². The van der Waals surface area contributed by atoms with E-state index in [1.807, 2.05) is 12.4 Å². The van der Waals surface area contributed by atoms with Crippen LogP contribution >= 0.6 is 0 Å². The van der Waals surface area contributed by atoms with Gasteiger partial charge in [-0.3, -0.25) is 20.0 Å². The maximum absolute atomic E-state index is 11.2. The highest BCUT2D eigenvalue weighted by atomic mass is 16.5. The average molecular weight is 353 g/mol. The Morgan fingerprint density at radius 2 is 2.04 bits per heavy atom. The number of nitrogens with one attached hydrogen (secondary N) is 1. The number of rotatable bonds is 3. The third-order valence-electron chi connectivity index (χ3n) is 5.12. The smallest absolute Gasteiger partial charge is 0.229 e. The monoisotopic (exact) mass is 353 g/mol. The molecule has 2 aromatic rings. The third-order valence-corrected chi connectivity index (χ3v) is 5.12. The number of anilines is 1. The Balaban J connectivity index is 1.49. The number of amides is 1. The molecule has 2 aromatic heterocycles. The Kier molecular flexibility index (Phi) is 4.55. The zero-order valence-electron chi connectivity index (χ0n) is 15.2. The summed E-state index contributed by atoms with van der Waals surface area (Å²) in [7, 11) is 0. The molecule has 0 aliphatic carbocycles. The summed E-state index contributed by atoms with van der Waals surface area (Å²) in [5, 5.41) is 2.66. The maximum atomic E-state index is 11.2. The van der Waals surface area contributed by atoms with E-state index in [-0.39, 0.29) is 11.9 Å². The summed E-state index contributed by atoms with van der Waals surface area (Å²) in [6, 6.07) is 2.39. The van der Waals surface area contributed by atoms with Crippen molar-refractivity contribution in [1.29, 1.82) is 0 Å². The predicted octanol–water partition coefficient (Wildman–Crippen LogP) is 1.93. The van der Waals surface area contributed by atoms with E-state index in [4.69, 9.17) is 4.74 Å². The van der Waals surface area contributed by atoms with Crippen molar-refractivity contribution in [3.05, 3.63) is 41.0 Å². The highest BCUT2D eigenvalue weighted by Gasteiger charge is 2.23. The number of carbonyl (C=O) groups is 1. The van der Waals surface area contributed by atoms with Gasteiger partial charge in [-0.2, -0.15) is 0 Å². The molecule has 1 N–H and O–H groups in total. The summed E-state index contributed by atoms with van der Waals surface area (Å²) in [6.45, 7) is 6.25. The summed E-state index contributed by atoms with van der Waals surface area (Å²) in [6.07, 6.45) is 6.45. The van der Waals surface area contributed by atoms with E-state index in [2.05, 4.69) is 38.2 Å². The van der Waals surface area contributed by atoms with Gasteiger partial charge in [-0.05, 0) is 30.5 Å². The second-order valence-corrected chi connectivity index (χ2v) is 6.87. The van der Waals surface area contributed by atoms with E-state index in [0.717, 1.165) is 61.7 Å². The minimum absolute atomic E-state index is 0.153. The first-order valence-corrected chi connectivity index (χ1v) is 9.08. The molecule has 26 heavy (non-hydrogen) atoms. The molecule has 1 amide bonds. The van der Waals surface area contributed by atoms with Crippen LogP contribution in [0.2, 0.25) is 0 Å². The first-order chi connectivity index (χ1) is 12.6. The molecule has 0 aromatic carbocycles. The lowest BCUT2D eigenvalue weighted by Crippen LogP contribution is -2.29. The molecule has 0 saturated heterocycles. The van der Waals surface area contributed by atoms with E-state index in [1.54, 1.807) is 0 Å². The van der Waals surface area contributed by atoms with Crippen molar-refractivity contribution in [1.82, 2.24) is 19.9 Å². The summed E-state index contributed by atoms with van der Waals surface area (Å²) in [5.41, 5.74) is 4.42. The molecular formula is C19H23N5O2. The SMILES string of the molecule is CC(=O)Nc1ncc2c(n1)CCN([C@H](C)c1cnc3c(c1)OCC3)CC2. The lowest BCUT2D eigenvalue weighted by atomic mass is 10.1. The third kappa shape index (κ3) is 3.39. The zero-order valence-corrected chi connectivity index (χ0v) is 15.2. The van der Waals surface area contributed by atoms with Gasteiger partial charge in [0.05, 0.1) is 18.0 Å². The van der Waals surface area contributed by atoms with E-state index in [0.29, 0.717) is 5.95 Å². The molecule has 4 rings (SSSR count). The number of carbonyl (C=O) groups excluding carboxylic acids is 1. The lowest BCUT2D eigenvalue weighted by Gasteiger charge is -2.27. The van der Waals surface area contributed by atoms with E-state index >= 15 is 0 Å². The van der Waals surface area contributed by atoms with Gasteiger partial charge >= 0.3 is 0 Å². The number of ether oxygens (including phenoxy) is 1. The first-order valence-electron chi connectivity index (χ1n) is 9.08. The number of nitrogens with zero attached hydrogens (tertiary/aromatic N) is 4. The molecule has 4 heterocycles. The summed E-state index contributed by atoms with van der Waals surface area (Å²) < 4.78 is 5.66. The minimum atomic E-state index is -0.153. The van der Waals surface area contributed by atoms with Crippen molar-refractivity contribution in [2.45, 2.75) is 39.2 Å². The van der Waals surface area contributed by atoms with Crippen LogP contribution < -0.4 is 10.1 Å². The van der Waals surface area contributed by atoms with Crippen molar-refractivity contribution in [3.63, 3.8) is 0 Å². The summed E-state index contributed by atoms with van der Waals surface area (Å²) in [5.74, 6) is 1.16. The van der Waals surface area contributed by atoms with Crippen molar-refractivity contribution in [2.75, 3.05) is 25.0 Å². The van der Waals surface area contributed by atoms with E-state index < -0.39 is 0 Å². The maximum Gasteiger partial charge on any atom is 0.229 e. The van der Waals surface area contributed by atoms with Gasteiger partial charge in [0.25, 0.3) is 0 Å². The van der Waals surface area contributed by atoms with Crippen LogP contribution in [0, 0.1) is 0 Å².